The molecule has 2 N–H and O–H groups in total. The number of aromatic nitrogens is 2. The highest BCUT2D eigenvalue weighted by Gasteiger charge is 2.47. The second-order valence-corrected chi connectivity index (χ2v) is 5.94. The highest BCUT2D eigenvalue weighted by Crippen LogP contribution is 2.30. The number of likely N-dealkylation sites (N-methyl/N-ethyl adjacent to an activating group) is 1. The minimum Gasteiger partial charge on any atom is -0.353 e. The quantitative estimate of drug-likeness (QED) is 0.748. The maximum absolute atomic E-state index is 12.4. The zero-order chi connectivity index (χ0) is 15.0. The van der Waals surface area contributed by atoms with Crippen LogP contribution in [0.15, 0.2) is 6.07 Å². The lowest BCUT2D eigenvalue weighted by atomic mass is 9.83. The van der Waals surface area contributed by atoms with Gasteiger partial charge in [0.1, 0.15) is 11.2 Å². The van der Waals surface area contributed by atoms with Crippen LogP contribution in [0.3, 0.4) is 0 Å². The fourth-order valence-electron chi connectivity index (χ4n) is 3.27. The Kier molecular flexibility index (Phi) is 3.44. The molecule has 2 fully saturated rings. The van der Waals surface area contributed by atoms with Crippen LogP contribution >= 0.6 is 0 Å². The van der Waals surface area contributed by atoms with Crippen molar-refractivity contribution in [3.05, 3.63) is 17.5 Å². The van der Waals surface area contributed by atoms with E-state index in [1.165, 1.54) is 0 Å². The molecule has 1 spiro atoms. The normalized spacial score (nSPS) is 22.4. The van der Waals surface area contributed by atoms with Crippen LogP contribution in [0, 0.1) is 6.92 Å². The molecule has 0 bridgehead atoms. The van der Waals surface area contributed by atoms with Crippen LogP contribution in [-0.2, 0) is 4.79 Å². The lowest BCUT2D eigenvalue weighted by molar-refractivity contribution is -0.139. The van der Waals surface area contributed by atoms with E-state index >= 15 is 0 Å². The molecule has 2 saturated heterocycles. The molecule has 2 aliphatic rings. The maximum atomic E-state index is 12.4. The number of nitrogens with one attached hydrogen (secondary N) is 2. The van der Waals surface area contributed by atoms with Crippen LogP contribution in [0.25, 0.3) is 0 Å². The van der Waals surface area contributed by atoms with Gasteiger partial charge in [-0.3, -0.25) is 19.6 Å². The number of likely N-dealkylation sites (tertiary alicyclic amines) is 1. The number of rotatable bonds is 1. The summed E-state index contributed by atoms with van der Waals surface area (Å²) in [6.45, 7) is 4.60. The van der Waals surface area contributed by atoms with Crippen molar-refractivity contribution in [1.82, 2.24) is 25.3 Å². The van der Waals surface area contributed by atoms with Gasteiger partial charge in [-0.25, -0.2) is 0 Å². The fraction of sp³-hybridized carbons (Fsp3) is 0.643. The van der Waals surface area contributed by atoms with Crippen LogP contribution in [0.5, 0.6) is 0 Å². The van der Waals surface area contributed by atoms with Crippen molar-refractivity contribution in [3.63, 3.8) is 0 Å². The molecule has 7 nitrogen and oxygen atoms in total. The standard InChI is InChI=1S/C14H21N5O2/c1-10-9-11(17-16-10)12(20)19-6-3-14(4-7-19)13(21)15-5-8-18(14)2/h9H,3-8H2,1-2H3,(H,15,21)(H,16,17). The zero-order valence-corrected chi connectivity index (χ0v) is 12.5. The average Bonchev–Trinajstić information content (AvgIpc) is 2.91. The number of piperidine rings is 1. The van der Waals surface area contributed by atoms with Crippen LogP contribution in [0.4, 0.5) is 0 Å². The predicted octanol–water partition coefficient (Wildman–Crippen LogP) is -0.245. The monoisotopic (exact) mass is 291 g/mol. The summed E-state index contributed by atoms with van der Waals surface area (Å²) >= 11 is 0. The third kappa shape index (κ3) is 2.31. The average molecular weight is 291 g/mol. The molecule has 0 unspecified atom stereocenters. The van der Waals surface area contributed by atoms with E-state index in [-0.39, 0.29) is 11.8 Å². The van der Waals surface area contributed by atoms with Gasteiger partial charge in [0.15, 0.2) is 0 Å². The van der Waals surface area contributed by atoms with Crippen molar-refractivity contribution in [3.8, 4) is 0 Å². The van der Waals surface area contributed by atoms with Gasteiger partial charge >= 0.3 is 0 Å². The Bertz CT molecular complexity index is 559. The second kappa shape index (κ2) is 5.14. The number of H-pyrrole nitrogens is 1. The van der Waals surface area contributed by atoms with E-state index in [2.05, 4.69) is 20.4 Å². The summed E-state index contributed by atoms with van der Waals surface area (Å²) in [6.07, 6.45) is 1.34. The van der Waals surface area contributed by atoms with Crippen molar-refractivity contribution in [2.75, 3.05) is 33.2 Å². The Morgan fingerprint density at radius 1 is 1.33 bits per heavy atom. The number of piperazine rings is 1. The van der Waals surface area contributed by atoms with Crippen molar-refractivity contribution < 1.29 is 9.59 Å². The van der Waals surface area contributed by atoms with E-state index in [1.54, 1.807) is 11.0 Å². The van der Waals surface area contributed by atoms with Crippen molar-refractivity contribution in [1.29, 1.82) is 0 Å². The second-order valence-electron chi connectivity index (χ2n) is 5.94. The summed E-state index contributed by atoms with van der Waals surface area (Å²) in [5, 5.41) is 9.76. The van der Waals surface area contributed by atoms with E-state index in [0.717, 1.165) is 12.2 Å². The molecule has 21 heavy (non-hydrogen) atoms. The maximum Gasteiger partial charge on any atom is 0.274 e. The summed E-state index contributed by atoms with van der Waals surface area (Å²) < 4.78 is 0. The van der Waals surface area contributed by atoms with Gasteiger partial charge in [-0.05, 0) is 32.9 Å². The van der Waals surface area contributed by atoms with Gasteiger partial charge in [-0.15, -0.1) is 0 Å². The number of carbonyl (C=O) groups excluding carboxylic acids is 2. The molecule has 2 aliphatic heterocycles. The van der Waals surface area contributed by atoms with Crippen molar-refractivity contribution in [2.45, 2.75) is 25.3 Å². The Morgan fingerprint density at radius 2 is 2.05 bits per heavy atom. The molecule has 0 aromatic carbocycles. The number of carbonyl (C=O) groups is 2. The Balaban J connectivity index is 1.70. The smallest absolute Gasteiger partial charge is 0.274 e. The molecule has 114 valence electrons. The van der Waals surface area contributed by atoms with Crippen molar-refractivity contribution >= 4 is 11.8 Å². The molecule has 7 heteroatoms. The lowest BCUT2D eigenvalue weighted by Gasteiger charge is -2.48. The first-order valence-corrected chi connectivity index (χ1v) is 7.34. The molecule has 0 radical (unpaired) electrons. The third-order valence-corrected chi connectivity index (χ3v) is 4.69. The number of nitrogens with zero attached hydrogens (tertiary/aromatic N) is 3. The summed E-state index contributed by atoms with van der Waals surface area (Å²) in [7, 11) is 1.99. The minimum atomic E-state index is -0.448. The topological polar surface area (TPSA) is 81.3 Å². The molecule has 0 saturated carbocycles. The van der Waals surface area contributed by atoms with Gasteiger partial charge in [-0.2, -0.15) is 5.10 Å². The van der Waals surface area contributed by atoms with E-state index in [9.17, 15) is 9.59 Å². The van der Waals surface area contributed by atoms with Gasteiger partial charge in [0, 0.05) is 31.9 Å². The molecule has 2 amide bonds. The van der Waals surface area contributed by atoms with Gasteiger partial charge < -0.3 is 10.2 Å². The fourth-order valence-corrected chi connectivity index (χ4v) is 3.27. The van der Waals surface area contributed by atoms with Gasteiger partial charge in [0.05, 0.1) is 0 Å². The van der Waals surface area contributed by atoms with Gasteiger partial charge in [0.2, 0.25) is 5.91 Å². The van der Waals surface area contributed by atoms with Crippen molar-refractivity contribution in [2.24, 2.45) is 0 Å². The van der Waals surface area contributed by atoms with E-state index in [4.69, 9.17) is 0 Å². The van der Waals surface area contributed by atoms with Crippen LogP contribution in [0.2, 0.25) is 0 Å². The predicted molar refractivity (Wildman–Crippen MR) is 76.8 cm³/mol. The zero-order valence-electron chi connectivity index (χ0n) is 12.5. The summed E-state index contributed by atoms with van der Waals surface area (Å²) in [5.41, 5.74) is 0.874. The molecule has 3 heterocycles. The highest BCUT2D eigenvalue weighted by atomic mass is 16.2. The molecular weight excluding hydrogens is 270 g/mol. The molecular formula is C14H21N5O2. The molecule has 1 aromatic heterocycles. The summed E-state index contributed by atoms with van der Waals surface area (Å²) in [6, 6.07) is 1.76. The summed E-state index contributed by atoms with van der Waals surface area (Å²) in [4.78, 5) is 28.6. The number of hydrogen-bond acceptors (Lipinski definition) is 4. The Morgan fingerprint density at radius 3 is 2.62 bits per heavy atom. The van der Waals surface area contributed by atoms with Crippen LogP contribution < -0.4 is 5.32 Å². The Labute approximate surface area is 123 Å². The number of amides is 2. The van der Waals surface area contributed by atoms with E-state index < -0.39 is 5.54 Å². The Hall–Kier alpha value is -1.89. The third-order valence-electron chi connectivity index (χ3n) is 4.69. The lowest BCUT2D eigenvalue weighted by Crippen LogP contribution is -2.67. The largest absolute Gasteiger partial charge is 0.353 e. The van der Waals surface area contributed by atoms with E-state index in [0.29, 0.717) is 38.2 Å². The number of aryl methyl sites for hydroxylation is 1. The van der Waals surface area contributed by atoms with Crippen LogP contribution in [0.1, 0.15) is 29.0 Å². The number of hydrogen-bond donors (Lipinski definition) is 2. The summed E-state index contributed by atoms with van der Waals surface area (Å²) in [5.74, 6) is 0.0343. The minimum absolute atomic E-state index is 0.0620. The molecule has 1 aromatic rings. The molecule has 3 rings (SSSR count). The van der Waals surface area contributed by atoms with E-state index in [1.807, 2.05) is 14.0 Å². The van der Waals surface area contributed by atoms with Gasteiger partial charge in [-0.1, -0.05) is 0 Å². The first-order chi connectivity index (χ1) is 10.0. The van der Waals surface area contributed by atoms with Gasteiger partial charge in [0.25, 0.3) is 5.91 Å². The first kappa shape index (κ1) is 14.1. The first-order valence-electron chi connectivity index (χ1n) is 7.34. The SMILES string of the molecule is Cc1cc(C(=O)N2CCC3(CC2)C(=O)NCCN3C)n[nH]1. The van der Waals surface area contributed by atoms with Crippen LogP contribution in [-0.4, -0.2) is 70.6 Å². The number of aromatic amines is 1. The highest BCUT2D eigenvalue weighted by molar-refractivity contribution is 5.93. The molecule has 0 atom stereocenters. The molecule has 0 aliphatic carbocycles.